The van der Waals surface area contributed by atoms with Crippen LogP contribution < -0.4 is 5.73 Å². The molecule has 0 fully saturated rings. The van der Waals surface area contributed by atoms with Gasteiger partial charge in [-0.05, 0) is 35.9 Å². The van der Waals surface area contributed by atoms with Gasteiger partial charge in [0.25, 0.3) is 0 Å². The highest BCUT2D eigenvalue weighted by Crippen LogP contribution is 2.25. The van der Waals surface area contributed by atoms with E-state index in [-0.39, 0.29) is 0 Å². The van der Waals surface area contributed by atoms with Crippen molar-refractivity contribution in [2.24, 2.45) is 0 Å². The lowest BCUT2D eigenvalue weighted by molar-refractivity contribution is 0.0601. The van der Waals surface area contributed by atoms with E-state index in [9.17, 15) is 9.18 Å². The largest absolute Gasteiger partial charge is 0.465 e. The molecule has 0 unspecified atom stereocenters. The van der Waals surface area contributed by atoms with Crippen LogP contribution in [0.25, 0.3) is 11.1 Å². The van der Waals surface area contributed by atoms with Crippen LogP contribution in [-0.4, -0.2) is 13.1 Å². The molecule has 2 aromatic rings. The highest BCUT2D eigenvalue weighted by atomic mass is 19.1. The van der Waals surface area contributed by atoms with E-state index in [1.165, 1.54) is 13.2 Å². The fourth-order valence-electron chi connectivity index (χ4n) is 1.70. The Kier molecular flexibility index (Phi) is 3.28. The zero-order chi connectivity index (χ0) is 13.1. The maximum atomic E-state index is 13.8. The lowest BCUT2D eigenvalue weighted by Gasteiger charge is -2.06. The topological polar surface area (TPSA) is 52.3 Å². The predicted molar refractivity (Wildman–Crippen MR) is 67.6 cm³/mol. The van der Waals surface area contributed by atoms with E-state index in [4.69, 9.17) is 5.73 Å². The molecule has 2 N–H and O–H groups in total. The van der Waals surface area contributed by atoms with Gasteiger partial charge in [0.15, 0.2) is 0 Å². The van der Waals surface area contributed by atoms with Gasteiger partial charge in [0.2, 0.25) is 0 Å². The van der Waals surface area contributed by atoms with Crippen LogP contribution in [0.1, 0.15) is 10.4 Å². The third kappa shape index (κ3) is 2.32. The van der Waals surface area contributed by atoms with Crippen molar-refractivity contribution in [3.05, 3.63) is 53.8 Å². The van der Waals surface area contributed by atoms with Gasteiger partial charge in [-0.15, -0.1) is 0 Å². The molecule has 0 saturated heterocycles. The van der Waals surface area contributed by atoms with Gasteiger partial charge in [0.05, 0.1) is 12.7 Å². The molecule has 4 heteroatoms. The Bertz CT molecular complexity index is 596. The number of ether oxygens (including phenoxy) is 1. The molecule has 3 nitrogen and oxygen atoms in total. The van der Waals surface area contributed by atoms with Crippen molar-refractivity contribution >= 4 is 11.7 Å². The number of rotatable bonds is 2. The third-order valence-electron chi connectivity index (χ3n) is 2.59. The zero-order valence-corrected chi connectivity index (χ0v) is 9.81. The van der Waals surface area contributed by atoms with Crippen LogP contribution in [0.3, 0.4) is 0 Å². The van der Waals surface area contributed by atoms with Gasteiger partial charge in [0.1, 0.15) is 5.82 Å². The molecular formula is C14H12FNO2. The SMILES string of the molecule is COC(=O)c1cccc(-c2ccc(N)cc2F)c1. The van der Waals surface area contributed by atoms with E-state index in [1.807, 2.05) is 0 Å². The Morgan fingerprint density at radius 3 is 2.67 bits per heavy atom. The van der Waals surface area contributed by atoms with Gasteiger partial charge in [-0.25, -0.2) is 9.18 Å². The van der Waals surface area contributed by atoms with E-state index in [0.717, 1.165) is 0 Å². The molecule has 0 heterocycles. The number of hydrogen-bond acceptors (Lipinski definition) is 3. The van der Waals surface area contributed by atoms with Crippen molar-refractivity contribution in [1.29, 1.82) is 0 Å². The summed E-state index contributed by atoms with van der Waals surface area (Å²) >= 11 is 0. The number of hydrogen-bond donors (Lipinski definition) is 1. The number of carbonyl (C=O) groups excluding carboxylic acids is 1. The predicted octanol–water partition coefficient (Wildman–Crippen LogP) is 2.86. The average Bonchev–Trinajstić information content (AvgIpc) is 2.38. The number of nitrogens with two attached hydrogens (primary N) is 1. The molecule has 0 atom stereocenters. The molecule has 0 amide bonds. The molecule has 18 heavy (non-hydrogen) atoms. The van der Waals surface area contributed by atoms with Crippen LogP contribution in [-0.2, 0) is 4.74 Å². The third-order valence-corrected chi connectivity index (χ3v) is 2.59. The van der Waals surface area contributed by atoms with Gasteiger partial charge in [-0.2, -0.15) is 0 Å². The minimum absolute atomic E-state index is 0.361. The standard InChI is InChI=1S/C14H12FNO2/c1-18-14(17)10-4-2-3-9(7-10)12-6-5-11(16)8-13(12)15/h2-8H,16H2,1H3. The van der Waals surface area contributed by atoms with Gasteiger partial charge in [-0.1, -0.05) is 12.1 Å². The first kappa shape index (κ1) is 12.1. The van der Waals surface area contributed by atoms with Crippen molar-refractivity contribution in [2.45, 2.75) is 0 Å². The summed E-state index contributed by atoms with van der Waals surface area (Å²) in [6, 6.07) is 11.0. The number of carbonyl (C=O) groups is 1. The van der Waals surface area contributed by atoms with Crippen molar-refractivity contribution in [3.8, 4) is 11.1 Å². The number of halogens is 1. The monoisotopic (exact) mass is 245 g/mol. The Hall–Kier alpha value is -2.36. The quantitative estimate of drug-likeness (QED) is 0.653. The fourth-order valence-corrected chi connectivity index (χ4v) is 1.70. The molecule has 0 bridgehead atoms. The molecule has 0 aliphatic carbocycles. The van der Waals surface area contributed by atoms with E-state index in [0.29, 0.717) is 22.4 Å². The van der Waals surface area contributed by atoms with E-state index >= 15 is 0 Å². The summed E-state index contributed by atoms with van der Waals surface area (Å²) in [4.78, 5) is 11.4. The number of esters is 1. The van der Waals surface area contributed by atoms with E-state index in [1.54, 1.807) is 36.4 Å². The van der Waals surface area contributed by atoms with E-state index in [2.05, 4.69) is 4.74 Å². The second kappa shape index (κ2) is 4.87. The Labute approximate surface area is 104 Å². The Morgan fingerprint density at radius 2 is 2.00 bits per heavy atom. The average molecular weight is 245 g/mol. The number of benzene rings is 2. The van der Waals surface area contributed by atoms with Gasteiger partial charge in [-0.3, -0.25) is 0 Å². The van der Waals surface area contributed by atoms with Crippen molar-refractivity contribution in [3.63, 3.8) is 0 Å². The number of nitrogen functional groups attached to an aromatic ring is 1. The van der Waals surface area contributed by atoms with Crippen molar-refractivity contribution in [1.82, 2.24) is 0 Å². The Morgan fingerprint density at radius 1 is 1.22 bits per heavy atom. The fraction of sp³-hybridized carbons (Fsp3) is 0.0714. The Balaban J connectivity index is 2.48. The first-order valence-electron chi connectivity index (χ1n) is 5.35. The van der Waals surface area contributed by atoms with Crippen LogP contribution >= 0.6 is 0 Å². The zero-order valence-electron chi connectivity index (χ0n) is 9.81. The second-order valence-corrected chi connectivity index (χ2v) is 3.81. The summed E-state index contributed by atoms with van der Waals surface area (Å²) in [7, 11) is 1.30. The van der Waals surface area contributed by atoms with Gasteiger partial charge in [0, 0.05) is 11.3 Å². The first-order valence-corrected chi connectivity index (χ1v) is 5.35. The molecule has 0 spiro atoms. The summed E-state index contributed by atoms with van der Waals surface area (Å²) < 4.78 is 18.4. The molecular weight excluding hydrogens is 233 g/mol. The summed E-state index contributed by atoms with van der Waals surface area (Å²) in [5.74, 6) is -0.871. The van der Waals surface area contributed by atoms with Gasteiger partial charge < -0.3 is 10.5 Å². The van der Waals surface area contributed by atoms with Crippen LogP contribution in [0.15, 0.2) is 42.5 Å². The summed E-state index contributed by atoms with van der Waals surface area (Å²) in [5.41, 5.74) is 7.24. The highest BCUT2D eigenvalue weighted by Gasteiger charge is 2.09. The highest BCUT2D eigenvalue weighted by molar-refractivity contribution is 5.91. The van der Waals surface area contributed by atoms with Crippen LogP contribution in [0, 0.1) is 5.82 Å². The molecule has 0 saturated carbocycles. The van der Waals surface area contributed by atoms with Gasteiger partial charge >= 0.3 is 5.97 Å². The normalized spacial score (nSPS) is 10.1. The maximum Gasteiger partial charge on any atom is 0.337 e. The van der Waals surface area contributed by atoms with Crippen LogP contribution in [0.5, 0.6) is 0 Å². The molecule has 0 aliphatic heterocycles. The first-order chi connectivity index (χ1) is 8.61. The van der Waals surface area contributed by atoms with Crippen molar-refractivity contribution in [2.75, 3.05) is 12.8 Å². The molecule has 0 aromatic heterocycles. The lowest BCUT2D eigenvalue weighted by Crippen LogP contribution is -2.01. The molecule has 0 aliphatic rings. The second-order valence-electron chi connectivity index (χ2n) is 3.81. The summed E-state index contributed by atoms with van der Waals surface area (Å²) in [6.07, 6.45) is 0. The number of methoxy groups -OCH3 is 1. The minimum atomic E-state index is -0.451. The summed E-state index contributed by atoms with van der Waals surface area (Å²) in [6.45, 7) is 0. The van der Waals surface area contributed by atoms with Crippen LogP contribution in [0.4, 0.5) is 10.1 Å². The molecule has 2 rings (SSSR count). The van der Waals surface area contributed by atoms with Crippen molar-refractivity contribution < 1.29 is 13.9 Å². The smallest absolute Gasteiger partial charge is 0.337 e. The lowest BCUT2D eigenvalue weighted by atomic mass is 10.0. The molecule has 0 radical (unpaired) electrons. The molecule has 92 valence electrons. The summed E-state index contributed by atoms with van der Waals surface area (Å²) in [5, 5.41) is 0. The van der Waals surface area contributed by atoms with E-state index < -0.39 is 11.8 Å². The minimum Gasteiger partial charge on any atom is -0.465 e. The van der Waals surface area contributed by atoms with Crippen LogP contribution in [0.2, 0.25) is 0 Å². The maximum absolute atomic E-state index is 13.8. The molecule has 2 aromatic carbocycles. The number of anilines is 1.